The van der Waals surface area contributed by atoms with E-state index in [-0.39, 0.29) is 50.6 Å². The SMILES string of the molecule is CCCCCCCCCCCCN(CCCCCCCCCCCC)C(C)CCCC(=O)[O-].CCCCCCCCCCCCN(CCCCCCCCCCCC)C(C)CCCC(=O)[O-].[Ca+2]. The predicted molar refractivity (Wildman–Crippen MR) is 293 cm³/mol. The molecule has 0 heterocycles. The summed E-state index contributed by atoms with van der Waals surface area (Å²) in [7, 11) is 0. The van der Waals surface area contributed by atoms with Crippen LogP contribution in [0.5, 0.6) is 0 Å². The molecule has 0 aliphatic carbocycles. The largest absolute Gasteiger partial charge is 2.00 e. The Balaban J connectivity index is -0.00000120. The zero-order chi connectivity index (χ0) is 48.8. The van der Waals surface area contributed by atoms with Crippen molar-refractivity contribution in [2.24, 2.45) is 0 Å². The first-order valence-corrected chi connectivity index (χ1v) is 30.1. The van der Waals surface area contributed by atoms with Gasteiger partial charge >= 0.3 is 37.7 Å². The van der Waals surface area contributed by atoms with Crippen molar-refractivity contribution in [3.8, 4) is 0 Å². The summed E-state index contributed by atoms with van der Waals surface area (Å²) in [6.45, 7) is 18.4. The van der Waals surface area contributed by atoms with Gasteiger partial charge in [-0.2, -0.15) is 0 Å². The molecule has 0 rings (SSSR count). The van der Waals surface area contributed by atoms with Crippen LogP contribution in [-0.2, 0) is 9.59 Å². The van der Waals surface area contributed by atoms with Crippen molar-refractivity contribution in [2.45, 2.75) is 349 Å². The first kappa shape index (κ1) is 71.4. The first-order chi connectivity index (χ1) is 32.2. The molecule has 0 radical (unpaired) electrons. The molecule has 0 spiro atoms. The van der Waals surface area contributed by atoms with E-state index in [1.54, 1.807) is 0 Å². The molecule has 0 N–H and O–H groups in total. The number of rotatable bonds is 54. The number of hydrogen-bond donors (Lipinski definition) is 0. The Morgan fingerprint density at radius 2 is 0.463 bits per heavy atom. The maximum absolute atomic E-state index is 10.8. The zero-order valence-electron chi connectivity index (χ0n) is 46.7. The second-order valence-corrected chi connectivity index (χ2v) is 21.0. The van der Waals surface area contributed by atoms with Crippen molar-refractivity contribution in [3.63, 3.8) is 0 Å². The number of hydrogen-bond acceptors (Lipinski definition) is 6. The molecule has 7 heteroatoms. The van der Waals surface area contributed by atoms with E-state index in [1.807, 2.05) is 0 Å². The third kappa shape index (κ3) is 58.6. The maximum Gasteiger partial charge on any atom is 2.00 e. The molecule has 6 nitrogen and oxygen atoms in total. The van der Waals surface area contributed by atoms with Crippen molar-refractivity contribution < 1.29 is 19.8 Å². The van der Waals surface area contributed by atoms with Crippen LogP contribution in [0.2, 0.25) is 0 Å². The second kappa shape index (κ2) is 60.4. The van der Waals surface area contributed by atoms with Gasteiger partial charge in [0.15, 0.2) is 0 Å². The van der Waals surface area contributed by atoms with E-state index in [0.29, 0.717) is 12.1 Å². The predicted octanol–water partition coefficient (Wildman–Crippen LogP) is 16.5. The number of carbonyl (C=O) groups excluding carboxylic acids is 2. The van der Waals surface area contributed by atoms with Gasteiger partial charge in [0, 0.05) is 24.0 Å². The van der Waals surface area contributed by atoms with Crippen LogP contribution in [0.25, 0.3) is 0 Å². The van der Waals surface area contributed by atoms with E-state index >= 15 is 0 Å². The van der Waals surface area contributed by atoms with Crippen molar-refractivity contribution in [2.75, 3.05) is 26.2 Å². The molecular weight excluding hydrogens is 853 g/mol. The molecular formula is C60H120CaN2O4. The maximum atomic E-state index is 10.8. The minimum Gasteiger partial charge on any atom is -0.550 e. The van der Waals surface area contributed by atoms with Gasteiger partial charge in [-0.15, -0.1) is 0 Å². The summed E-state index contributed by atoms with van der Waals surface area (Å²) in [4.78, 5) is 26.8. The summed E-state index contributed by atoms with van der Waals surface area (Å²) in [6.07, 6.45) is 59.0. The van der Waals surface area contributed by atoms with Gasteiger partial charge < -0.3 is 29.6 Å². The van der Waals surface area contributed by atoms with Crippen molar-refractivity contribution in [1.29, 1.82) is 0 Å². The molecule has 0 aromatic heterocycles. The molecule has 0 bridgehead atoms. The van der Waals surface area contributed by atoms with Crippen LogP contribution >= 0.6 is 0 Å². The van der Waals surface area contributed by atoms with Crippen LogP contribution in [-0.4, -0.2) is 97.7 Å². The summed E-state index contributed by atoms with van der Waals surface area (Å²) < 4.78 is 0. The van der Waals surface area contributed by atoms with E-state index in [2.05, 4.69) is 51.3 Å². The van der Waals surface area contributed by atoms with Gasteiger partial charge in [0.1, 0.15) is 0 Å². The molecule has 396 valence electrons. The van der Waals surface area contributed by atoms with Crippen molar-refractivity contribution >= 4 is 49.7 Å². The topological polar surface area (TPSA) is 86.7 Å². The second-order valence-electron chi connectivity index (χ2n) is 21.0. The van der Waals surface area contributed by atoms with Crippen LogP contribution in [0.1, 0.15) is 337 Å². The Labute approximate surface area is 451 Å². The summed E-state index contributed by atoms with van der Waals surface area (Å²) in [5, 5.41) is 21.5. The van der Waals surface area contributed by atoms with Gasteiger partial charge in [-0.1, -0.05) is 259 Å². The molecule has 0 aliphatic rings. The summed E-state index contributed by atoms with van der Waals surface area (Å²) in [5.41, 5.74) is 0. The van der Waals surface area contributed by atoms with Crippen LogP contribution in [0.15, 0.2) is 0 Å². The quantitative estimate of drug-likeness (QED) is 0.0446. The van der Waals surface area contributed by atoms with Gasteiger partial charge in [0.2, 0.25) is 0 Å². The van der Waals surface area contributed by atoms with Crippen molar-refractivity contribution in [3.05, 3.63) is 0 Å². The number of unbranched alkanes of at least 4 members (excludes halogenated alkanes) is 36. The van der Waals surface area contributed by atoms with Gasteiger partial charge in [0.25, 0.3) is 0 Å². The average molecular weight is 974 g/mol. The third-order valence-corrected chi connectivity index (χ3v) is 14.4. The summed E-state index contributed by atoms with van der Waals surface area (Å²) >= 11 is 0. The number of carbonyl (C=O) groups is 2. The fourth-order valence-electron chi connectivity index (χ4n) is 9.76. The summed E-state index contributed by atoms with van der Waals surface area (Å²) in [6, 6.07) is 0.975. The third-order valence-electron chi connectivity index (χ3n) is 14.4. The molecule has 0 aliphatic heterocycles. The van der Waals surface area contributed by atoms with Gasteiger partial charge in [-0.3, -0.25) is 0 Å². The number of carboxylic acid groups (broad SMARTS) is 2. The number of aliphatic carboxylic acids is 2. The van der Waals surface area contributed by atoms with Crippen LogP contribution < -0.4 is 10.2 Å². The number of carboxylic acids is 2. The Bertz CT molecular complexity index is 831. The van der Waals surface area contributed by atoms with Crippen LogP contribution in [0, 0.1) is 0 Å². The normalized spacial score (nSPS) is 12.3. The Morgan fingerprint density at radius 3 is 0.627 bits per heavy atom. The molecule has 2 unspecified atom stereocenters. The van der Waals surface area contributed by atoms with Gasteiger partial charge in [-0.25, -0.2) is 0 Å². The molecule has 67 heavy (non-hydrogen) atoms. The van der Waals surface area contributed by atoms with Gasteiger partial charge in [-0.05, 0) is 104 Å². The molecule has 0 aromatic carbocycles. The fraction of sp³-hybridized carbons (Fsp3) is 0.967. The van der Waals surface area contributed by atoms with E-state index in [0.717, 1.165) is 25.7 Å². The molecule has 0 saturated heterocycles. The van der Waals surface area contributed by atoms with E-state index in [9.17, 15) is 19.8 Å². The Kier molecular flexibility index (Phi) is 64.4. The average Bonchev–Trinajstić information content (AvgIpc) is 3.29. The van der Waals surface area contributed by atoms with E-state index in [4.69, 9.17) is 0 Å². The smallest absolute Gasteiger partial charge is 0.550 e. The van der Waals surface area contributed by atoms with E-state index < -0.39 is 11.9 Å². The number of nitrogens with zero attached hydrogens (tertiary/aromatic N) is 2. The van der Waals surface area contributed by atoms with Crippen LogP contribution in [0.4, 0.5) is 0 Å². The van der Waals surface area contributed by atoms with Crippen molar-refractivity contribution in [1.82, 2.24) is 9.80 Å². The first-order valence-electron chi connectivity index (χ1n) is 30.1. The fourth-order valence-corrected chi connectivity index (χ4v) is 9.76. The standard InChI is InChI=1S/2C30H61NO2.Ca/c2*1-4-6-8-10-12-14-16-18-20-22-27-31(29(3)25-24-26-30(32)33)28-23-21-19-17-15-13-11-9-7-5-2;/h2*29H,4-28H2,1-3H3,(H,32,33);/q;;+2/p-2. The molecule has 0 saturated carbocycles. The monoisotopic (exact) mass is 973 g/mol. The van der Waals surface area contributed by atoms with E-state index in [1.165, 1.54) is 283 Å². The molecule has 2 atom stereocenters. The molecule has 0 amide bonds. The Hall–Kier alpha value is 0.120. The minimum absolute atomic E-state index is 0. The minimum atomic E-state index is -0.905. The molecule has 0 fully saturated rings. The summed E-state index contributed by atoms with van der Waals surface area (Å²) in [5.74, 6) is -1.81. The molecule has 0 aromatic rings. The van der Waals surface area contributed by atoms with Gasteiger partial charge in [0.05, 0.1) is 0 Å². The van der Waals surface area contributed by atoms with Crippen LogP contribution in [0.3, 0.4) is 0 Å². The zero-order valence-corrected chi connectivity index (χ0v) is 49.0. The Morgan fingerprint density at radius 1 is 0.299 bits per heavy atom.